The first-order chi connectivity index (χ1) is 14.0. The van der Waals surface area contributed by atoms with Crippen molar-refractivity contribution in [2.24, 2.45) is 0 Å². The lowest BCUT2D eigenvalue weighted by molar-refractivity contribution is 0.0735. The van der Waals surface area contributed by atoms with Crippen molar-refractivity contribution >= 4 is 17.5 Å². The molecule has 2 fully saturated rings. The molecule has 30 heavy (non-hydrogen) atoms. The molecule has 4 rings (SSSR count). The number of benzene rings is 2. The number of likely N-dealkylation sites (tertiary alicyclic amines) is 2. The standard InChI is InChI=1S/C23H27ClN2O3.CH4/c24-20-14-18(6-7-22(20)28)23(29)26-10-2-5-21(26)17-4-1-3-16(13-17)15-25-11-8-19(27)9-12-25;/h1,3-4,6-7,13-14,19,21,27-28H,2,5,8-12,15H2;1H4. The minimum atomic E-state index is -0.163. The summed E-state index contributed by atoms with van der Waals surface area (Å²) in [6, 6.07) is 13.2. The molecule has 162 valence electrons. The highest BCUT2D eigenvalue weighted by molar-refractivity contribution is 6.32. The molecule has 1 amide bonds. The first kappa shape index (κ1) is 22.6. The highest BCUT2D eigenvalue weighted by Crippen LogP contribution is 2.34. The number of hydrogen-bond acceptors (Lipinski definition) is 4. The van der Waals surface area contributed by atoms with Crippen LogP contribution in [0.25, 0.3) is 0 Å². The maximum atomic E-state index is 13.1. The number of piperidine rings is 1. The second kappa shape index (κ2) is 9.82. The van der Waals surface area contributed by atoms with Gasteiger partial charge in [0.15, 0.2) is 0 Å². The second-order valence-electron chi connectivity index (χ2n) is 8.08. The van der Waals surface area contributed by atoms with Gasteiger partial charge >= 0.3 is 0 Å². The summed E-state index contributed by atoms with van der Waals surface area (Å²) in [7, 11) is 0. The van der Waals surface area contributed by atoms with Crippen LogP contribution in [0.2, 0.25) is 5.02 Å². The fourth-order valence-corrected chi connectivity index (χ4v) is 4.58. The van der Waals surface area contributed by atoms with E-state index in [1.807, 2.05) is 4.90 Å². The van der Waals surface area contributed by atoms with Gasteiger partial charge in [-0.15, -0.1) is 0 Å². The van der Waals surface area contributed by atoms with E-state index in [1.165, 1.54) is 17.7 Å². The molecule has 0 radical (unpaired) electrons. The zero-order valence-electron chi connectivity index (χ0n) is 16.4. The predicted molar refractivity (Wildman–Crippen MR) is 120 cm³/mol. The third-order valence-electron chi connectivity index (χ3n) is 6.01. The monoisotopic (exact) mass is 430 g/mol. The maximum Gasteiger partial charge on any atom is 0.254 e. The van der Waals surface area contributed by atoms with E-state index >= 15 is 0 Å². The smallest absolute Gasteiger partial charge is 0.254 e. The Kier molecular flexibility index (Phi) is 7.40. The van der Waals surface area contributed by atoms with Crippen molar-refractivity contribution in [3.8, 4) is 5.75 Å². The van der Waals surface area contributed by atoms with Gasteiger partial charge in [0.2, 0.25) is 0 Å². The summed E-state index contributed by atoms with van der Waals surface area (Å²) in [5.74, 6) is -0.0658. The number of amides is 1. The Hall–Kier alpha value is -2.08. The van der Waals surface area contributed by atoms with Gasteiger partial charge < -0.3 is 15.1 Å². The molecule has 1 unspecified atom stereocenters. The van der Waals surface area contributed by atoms with Crippen molar-refractivity contribution in [1.29, 1.82) is 0 Å². The van der Waals surface area contributed by atoms with Crippen LogP contribution in [0, 0.1) is 0 Å². The van der Waals surface area contributed by atoms with E-state index in [0.717, 1.165) is 57.4 Å². The molecule has 1 atom stereocenters. The van der Waals surface area contributed by atoms with Gasteiger partial charge in [-0.1, -0.05) is 43.3 Å². The summed E-state index contributed by atoms with van der Waals surface area (Å²) < 4.78 is 0. The SMILES string of the molecule is C.O=C(c1ccc(O)c(Cl)c1)N1CCCC1c1cccc(CN2CCC(O)CC2)c1. The Labute approximate surface area is 183 Å². The van der Waals surface area contributed by atoms with E-state index in [2.05, 4.69) is 29.2 Å². The summed E-state index contributed by atoms with van der Waals surface area (Å²) >= 11 is 6.00. The van der Waals surface area contributed by atoms with Crippen molar-refractivity contribution in [2.75, 3.05) is 19.6 Å². The van der Waals surface area contributed by atoms with Gasteiger partial charge in [-0.3, -0.25) is 9.69 Å². The van der Waals surface area contributed by atoms with E-state index in [0.29, 0.717) is 5.56 Å². The first-order valence-corrected chi connectivity index (χ1v) is 10.7. The highest BCUT2D eigenvalue weighted by atomic mass is 35.5. The molecule has 2 aromatic carbocycles. The van der Waals surface area contributed by atoms with Crippen LogP contribution in [-0.4, -0.2) is 51.7 Å². The molecule has 0 aliphatic carbocycles. The molecule has 2 aromatic rings. The van der Waals surface area contributed by atoms with Crippen molar-refractivity contribution in [1.82, 2.24) is 9.80 Å². The van der Waals surface area contributed by atoms with Crippen LogP contribution >= 0.6 is 11.6 Å². The first-order valence-electron chi connectivity index (χ1n) is 10.3. The number of rotatable bonds is 4. The number of phenolic OH excluding ortho intramolecular Hbond substituents is 1. The lowest BCUT2D eigenvalue weighted by Gasteiger charge is -2.30. The predicted octanol–water partition coefficient (Wildman–Crippen LogP) is 4.62. The van der Waals surface area contributed by atoms with Crippen LogP contribution in [0.3, 0.4) is 0 Å². The molecule has 0 spiro atoms. The molecule has 2 aliphatic rings. The van der Waals surface area contributed by atoms with Gasteiger partial charge in [0.25, 0.3) is 5.91 Å². The molecular weight excluding hydrogens is 400 g/mol. The topological polar surface area (TPSA) is 64.0 Å². The zero-order chi connectivity index (χ0) is 20.4. The maximum absolute atomic E-state index is 13.1. The number of aliphatic hydroxyl groups is 1. The third kappa shape index (κ3) is 4.97. The van der Waals surface area contributed by atoms with Gasteiger partial charge in [0, 0.05) is 31.7 Å². The lowest BCUT2D eigenvalue weighted by Crippen LogP contribution is -2.35. The molecule has 2 heterocycles. The van der Waals surface area contributed by atoms with Crippen molar-refractivity contribution in [3.05, 3.63) is 64.2 Å². The number of aromatic hydroxyl groups is 1. The number of phenols is 1. The minimum Gasteiger partial charge on any atom is -0.506 e. The quantitative estimate of drug-likeness (QED) is 0.743. The van der Waals surface area contributed by atoms with E-state index in [9.17, 15) is 15.0 Å². The molecule has 0 bridgehead atoms. The van der Waals surface area contributed by atoms with Gasteiger partial charge in [0.05, 0.1) is 17.2 Å². The van der Waals surface area contributed by atoms with Gasteiger partial charge in [-0.25, -0.2) is 0 Å². The van der Waals surface area contributed by atoms with Gasteiger partial charge in [-0.2, -0.15) is 0 Å². The van der Waals surface area contributed by atoms with Gasteiger partial charge in [-0.05, 0) is 55.0 Å². The number of carbonyl (C=O) groups excluding carboxylic acids is 1. The van der Waals surface area contributed by atoms with E-state index < -0.39 is 0 Å². The van der Waals surface area contributed by atoms with E-state index in [1.54, 1.807) is 6.07 Å². The summed E-state index contributed by atoms with van der Waals surface area (Å²) in [6.07, 6.45) is 3.41. The van der Waals surface area contributed by atoms with E-state index in [4.69, 9.17) is 11.6 Å². The Balaban J connectivity index is 0.00000256. The number of hydrogen-bond donors (Lipinski definition) is 2. The lowest BCUT2D eigenvalue weighted by atomic mass is 10.0. The van der Waals surface area contributed by atoms with Crippen LogP contribution in [0.5, 0.6) is 5.75 Å². The van der Waals surface area contributed by atoms with Crippen LogP contribution in [0.4, 0.5) is 0 Å². The Bertz CT molecular complexity index is 881. The fourth-order valence-electron chi connectivity index (χ4n) is 4.40. The zero-order valence-corrected chi connectivity index (χ0v) is 17.2. The van der Waals surface area contributed by atoms with Crippen LogP contribution in [0.1, 0.15) is 60.6 Å². The van der Waals surface area contributed by atoms with Crippen LogP contribution in [-0.2, 0) is 6.54 Å². The Morgan fingerprint density at radius 3 is 2.57 bits per heavy atom. The summed E-state index contributed by atoms with van der Waals surface area (Å²) in [5, 5.41) is 19.5. The van der Waals surface area contributed by atoms with Crippen molar-refractivity contribution < 1.29 is 15.0 Å². The summed E-state index contributed by atoms with van der Waals surface area (Å²) in [4.78, 5) is 17.4. The number of carbonyl (C=O) groups is 1. The fraction of sp³-hybridized carbons (Fsp3) is 0.458. The van der Waals surface area contributed by atoms with Gasteiger partial charge in [0.1, 0.15) is 5.75 Å². The molecular formula is C24H31ClN2O3. The molecule has 2 aliphatic heterocycles. The normalized spacial score (nSPS) is 20.2. The van der Waals surface area contributed by atoms with Crippen LogP contribution in [0.15, 0.2) is 42.5 Å². The molecule has 6 heteroatoms. The average molecular weight is 431 g/mol. The average Bonchev–Trinajstić information content (AvgIpc) is 3.21. The Morgan fingerprint density at radius 2 is 1.83 bits per heavy atom. The molecule has 0 aromatic heterocycles. The van der Waals surface area contributed by atoms with Crippen molar-refractivity contribution in [3.63, 3.8) is 0 Å². The third-order valence-corrected chi connectivity index (χ3v) is 6.31. The van der Waals surface area contributed by atoms with Crippen LogP contribution < -0.4 is 0 Å². The minimum absolute atomic E-state index is 0. The molecule has 2 N–H and O–H groups in total. The summed E-state index contributed by atoms with van der Waals surface area (Å²) in [6.45, 7) is 3.42. The number of aliphatic hydroxyl groups excluding tert-OH is 1. The summed E-state index contributed by atoms with van der Waals surface area (Å²) in [5.41, 5.74) is 2.91. The molecule has 2 saturated heterocycles. The second-order valence-corrected chi connectivity index (χ2v) is 8.48. The molecule has 0 saturated carbocycles. The highest BCUT2D eigenvalue weighted by Gasteiger charge is 2.31. The molecule has 5 nitrogen and oxygen atoms in total. The number of halogens is 1. The van der Waals surface area contributed by atoms with Crippen molar-refractivity contribution in [2.45, 2.75) is 51.8 Å². The van der Waals surface area contributed by atoms with E-state index in [-0.39, 0.29) is 36.3 Å². The largest absolute Gasteiger partial charge is 0.506 e. The number of nitrogens with zero attached hydrogens (tertiary/aromatic N) is 2. The Morgan fingerprint density at radius 1 is 1.07 bits per heavy atom.